The molecule has 0 unspecified atom stereocenters. The Bertz CT molecular complexity index is 615. The summed E-state index contributed by atoms with van der Waals surface area (Å²) in [6.07, 6.45) is 0. The quantitative estimate of drug-likeness (QED) is 0.670. The molecule has 6 nitrogen and oxygen atoms in total. The summed E-state index contributed by atoms with van der Waals surface area (Å²) < 4.78 is 5.09. The highest BCUT2D eigenvalue weighted by molar-refractivity contribution is 5.44. The number of benzene rings is 1. The Balaban J connectivity index is 2.05. The molecular formula is C14H17N3O3. The van der Waals surface area contributed by atoms with Crippen LogP contribution in [0.3, 0.4) is 0 Å². The van der Waals surface area contributed by atoms with Gasteiger partial charge in [0.2, 0.25) is 0 Å². The summed E-state index contributed by atoms with van der Waals surface area (Å²) in [6, 6.07) is 5.12. The molecular weight excluding hydrogens is 258 g/mol. The number of aromatic nitrogens is 1. The summed E-state index contributed by atoms with van der Waals surface area (Å²) in [5.41, 5.74) is 3.68. The summed E-state index contributed by atoms with van der Waals surface area (Å²) in [7, 11) is 0. The number of nitrogens with zero attached hydrogens (tertiary/aromatic N) is 2. The number of nitrogens with one attached hydrogen (secondary N) is 1. The molecule has 0 amide bonds. The molecule has 6 heteroatoms. The van der Waals surface area contributed by atoms with Gasteiger partial charge >= 0.3 is 0 Å². The van der Waals surface area contributed by atoms with Crippen molar-refractivity contribution in [2.24, 2.45) is 0 Å². The van der Waals surface area contributed by atoms with Gasteiger partial charge in [-0.25, -0.2) is 0 Å². The smallest absolute Gasteiger partial charge is 0.272 e. The highest BCUT2D eigenvalue weighted by atomic mass is 16.6. The highest BCUT2D eigenvalue weighted by Gasteiger charge is 2.13. The molecule has 0 radical (unpaired) electrons. The standard InChI is InChI=1S/C14H17N3O3/c1-9-12(5-4-6-14(9)17(18)19)7-15-8-13-10(2)16-20-11(13)3/h4-6,15H,7-8H2,1-3H3. The first-order valence-corrected chi connectivity index (χ1v) is 6.36. The Labute approximate surface area is 116 Å². The van der Waals surface area contributed by atoms with E-state index in [1.165, 1.54) is 6.07 Å². The molecule has 0 saturated heterocycles. The first kappa shape index (κ1) is 14.2. The van der Waals surface area contributed by atoms with Gasteiger partial charge in [-0.15, -0.1) is 0 Å². The van der Waals surface area contributed by atoms with Crippen molar-refractivity contribution in [1.82, 2.24) is 10.5 Å². The Kier molecular flexibility index (Phi) is 4.14. The second-order valence-electron chi connectivity index (χ2n) is 4.72. The average Bonchev–Trinajstić information content (AvgIpc) is 2.72. The molecule has 0 saturated carbocycles. The molecule has 106 valence electrons. The lowest BCUT2D eigenvalue weighted by molar-refractivity contribution is -0.385. The fraction of sp³-hybridized carbons (Fsp3) is 0.357. The van der Waals surface area contributed by atoms with Crippen molar-refractivity contribution in [3.63, 3.8) is 0 Å². The zero-order valence-corrected chi connectivity index (χ0v) is 11.8. The van der Waals surface area contributed by atoms with E-state index in [9.17, 15) is 10.1 Å². The predicted molar refractivity (Wildman–Crippen MR) is 74.4 cm³/mol. The van der Waals surface area contributed by atoms with Gasteiger partial charge in [0, 0.05) is 30.3 Å². The minimum atomic E-state index is -0.354. The molecule has 0 bridgehead atoms. The molecule has 2 rings (SSSR count). The van der Waals surface area contributed by atoms with E-state index in [0.717, 1.165) is 22.6 Å². The first-order chi connectivity index (χ1) is 9.50. The van der Waals surface area contributed by atoms with Crippen LogP contribution in [0.5, 0.6) is 0 Å². The third-order valence-electron chi connectivity index (χ3n) is 3.41. The van der Waals surface area contributed by atoms with Crippen molar-refractivity contribution in [1.29, 1.82) is 0 Å². The van der Waals surface area contributed by atoms with Crippen LogP contribution >= 0.6 is 0 Å². The lowest BCUT2D eigenvalue weighted by Crippen LogP contribution is -2.14. The second kappa shape index (κ2) is 5.83. The van der Waals surface area contributed by atoms with E-state index in [1.54, 1.807) is 13.0 Å². The monoisotopic (exact) mass is 275 g/mol. The van der Waals surface area contributed by atoms with Crippen LogP contribution in [0.4, 0.5) is 5.69 Å². The second-order valence-corrected chi connectivity index (χ2v) is 4.72. The summed E-state index contributed by atoms with van der Waals surface area (Å²) in [5, 5.41) is 18.1. The summed E-state index contributed by atoms with van der Waals surface area (Å²) in [4.78, 5) is 10.5. The number of hydrogen-bond donors (Lipinski definition) is 1. The molecule has 1 heterocycles. The molecule has 0 atom stereocenters. The van der Waals surface area contributed by atoms with Crippen molar-refractivity contribution in [2.75, 3.05) is 0 Å². The van der Waals surface area contributed by atoms with E-state index in [-0.39, 0.29) is 10.6 Å². The number of nitro benzene ring substituents is 1. The maximum absolute atomic E-state index is 10.9. The van der Waals surface area contributed by atoms with Crippen molar-refractivity contribution in [3.8, 4) is 0 Å². The van der Waals surface area contributed by atoms with Crippen molar-refractivity contribution < 1.29 is 9.45 Å². The van der Waals surface area contributed by atoms with Crippen LogP contribution in [0, 0.1) is 30.9 Å². The van der Waals surface area contributed by atoms with E-state index in [0.29, 0.717) is 18.7 Å². The van der Waals surface area contributed by atoms with Crippen LogP contribution in [-0.2, 0) is 13.1 Å². The Hall–Kier alpha value is -2.21. The van der Waals surface area contributed by atoms with Crippen LogP contribution < -0.4 is 5.32 Å². The Morgan fingerprint density at radius 3 is 2.65 bits per heavy atom. The Morgan fingerprint density at radius 2 is 2.05 bits per heavy atom. The van der Waals surface area contributed by atoms with Gasteiger partial charge in [-0.2, -0.15) is 0 Å². The van der Waals surface area contributed by atoms with Gasteiger partial charge in [0.05, 0.1) is 10.6 Å². The van der Waals surface area contributed by atoms with E-state index >= 15 is 0 Å². The molecule has 0 spiro atoms. The average molecular weight is 275 g/mol. The molecule has 0 aliphatic rings. The van der Waals surface area contributed by atoms with Crippen molar-refractivity contribution in [3.05, 3.63) is 56.5 Å². The minimum absolute atomic E-state index is 0.154. The number of hydrogen-bond acceptors (Lipinski definition) is 5. The molecule has 0 aliphatic carbocycles. The van der Waals surface area contributed by atoms with Crippen LogP contribution in [0.1, 0.15) is 28.1 Å². The van der Waals surface area contributed by atoms with E-state index in [2.05, 4.69) is 10.5 Å². The molecule has 0 fully saturated rings. The summed E-state index contributed by atoms with van der Waals surface area (Å²) >= 11 is 0. The van der Waals surface area contributed by atoms with Crippen LogP contribution in [0.2, 0.25) is 0 Å². The number of rotatable bonds is 5. The highest BCUT2D eigenvalue weighted by Crippen LogP contribution is 2.21. The zero-order valence-electron chi connectivity index (χ0n) is 11.8. The van der Waals surface area contributed by atoms with Crippen molar-refractivity contribution >= 4 is 5.69 Å². The van der Waals surface area contributed by atoms with Gasteiger partial charge in [-0.3, -0.25) is 10.1 Å². The third-order valence-corrected chi connectivity index (χ3v) is 3.41. The zero-order chi connectivity index (χ0) is 14.7. The van der Waals surface area contributed by atoms with Gasteiger partial charge in [-0.1, -0.05) is 17.3 Å². The van der Waals surface area contributed by atoms with Gasteiger partial charge in [0.15, 0.2) is 0 Å². The van der Waals surface area contributed by atoms with E-state index in [4.69, 9.17) is 4.52 Å². The molecule has 0 aliphatic heterocycles. The lowest BCUT2D eigenvalue weighted by atomic mass is 10.1. The molecule has 20 heavy (non-hydrogen) atoms. The largest absolute Gasteiger partial charge is 0.361 e. The summed E-state index contributed by atoms with van der Waals surface area (Å²) in [6.45, 7) is 6.73. The number of aryl methyl sites for hydroxylation is 2. The van der Waals surface area contributed by atoms with E-state index in [1.807, 2.05) is 19.9 Å². The number of nitro groups is 1. The maximum atomic E-state index is 10.9. The van der Waals surface area contributed by atoms with Crippen LogP contribution in [-0.4, -0.2) is 10.1 Å². The molecule has 1 aromatic heterocycles. The minimum Gasteiger partial charge on any atom is -0.361 e. The fourth-order valence-electron chi connectivity index (χ4n) is 2.14. The molecule has 2 aromatic rings. The molecule has 1 aromatic carbocycles. The van der Waals surface area contributed by atoms with Gasteiger partial charge in [0.1, 0.15) is 5.76 Å². The van der Waals surface area contributed by atoms with Gasteiger partial charge in [-0.05, 0) is 26.3 Å². The Morgan fingerprint density at radius 1 is 1.30 bits per heavy atom. The maximum Gasteiger partial charge on any atom is 0.272 e. The van der Waals surface area contributed by atoms with Gasteiger partial charge in [0.25, 0.3) is 5.69 Å². The fourth-order valence-corrected chi connectivity index (χ4v) is 2.14. The first-order valence-electron chi connectivity index (χ1n) is 6.36. The van der Waals surface area contributed by atoms with Crippen LogP contribution in [0.25, 0.3) is 0 Å². The molecule has 1 N–H and O–H groups in total. The SMILES string of the molecule is Cc1noc(C)c1CNCc1cccc([N+](=O)[O-])c1C. The summed E-state index contributed by atoms with van der Waals surface area (Å²) in [5.74, 6) is 0.797. The van der Waals surface area contributed by atoms with E-state index < -0.39 is 0 Å². The van der Waals surface area contributed by atoms with Crippen molar-refractivity contribution in [2.45, 2.75) is 33.9 Å². The van der Waals surface area contributed by atoms with Crippen LogP contribution in [0.15, 0.2) is 22.7 Å². The third kappa shape index (κ3) is 2.85. The predicted octanol–water partition coefficient (Wildman–Crippen LogP) is 2.80. The lowest BCUT2D eigenvalue weighted by Gasteiger charge is -2.08. The topological polar surface area (TPSA) is 81.2 Å². The normalized spacial score (nSPS) is 10.8. The van der Waals surface area contributed by atoms with Gasteiger partial charge < -0.3 is 9.84 Å².